The lowest BCUT2D eigenvalue weighted by Gasteiger charge is -2.12. The van der Waals surface area contributed by atoms with Gasteiger partial charge in [0.15, 0.2) is 0 Å². The van der Waals surface area contributed by atoms with Crippen molar-refractivity contribution in [1.82, 2.24) is 4.98 Å². The van der Waals surface area contributed by atoms with E-state index in [2.05, 4.69) is 17.2 Å². The zero-order valence-electron chi connectivity index (χ0n) is 10.8. The highest BCUT2D eigenvalue weighted by Gasteiger charge is 2.03. The summed E-state index contributed by atoms with van der Waals surface area (Å²) in [7, 11) is 0. The molecular weight excluding hydrogens is 224 g/mol. The monoisotopic (exact) mass is 242 g/mol. The molecular formula is C15H18N2O. The Morgan fingerprint density at radius 1 is 1.22 bits per heavy atom. The minimum Gasteiger partial charge on any atom is -0.492 e. The molecule has 0 saturated heterocycles. The molecule has 1 aromatic heterocycles. The van der Waals surface area contributed by atoms with Gasteiger partial charge in [-0.2, -0.15) is 0 Å². The molecule has 18 heavy (non-hydrogen) atoms. The first-order valence-corrected chi connectivity index (χ1v) is 6.16. The number of nitrogens with one attached hydrogen (secondary N) is 1. The Morgan fingerprint density at radius 2 is 2.06 bits per heavy atom. The number of rotatable bonds is 5. The number of para-hydroxylation sites is 2. The number of benzene rings is 1. The van der Waals surface area contributed by atoms with Crippen LogP contribution in [0, 0.1) is 6.92 Å². The van der Waals surface area contributed by atoms with Gasteiger partial charge in [0.2, 0.25) is 0 Å². The van der Waals surface area contributed by atoms with Crippen molar-refractivity contribution in [2.24, 2.45) is 0 Å². The molecule has 0 saturated carbocycles. The molecule has 0 amide bonds. The van der Waals surface area contributed by atoms with Gasteiger partial charge < -0.3 is 10.1 Å². The first-order valence-electron chi connectivity index (χ1n) is 6.16. The van der Waals surface area contributed by atoms with E-state index in [1.54, 1.807) is 0 Å². The summed E-state index contributed by atoms with van der Waals surface area (Å²) < 4.78 is 5.58. The maximum absolute atomic E-state index is 5.58. The van der Waals surface area contributed by atoms with Gasteiger partial charge in [0, 0.05) is 18.9 Å². The van der Waals surface area contributed by atoms with Crippen molar-refractivity contribution in [3.63, 3.8) is 0 Å². The summed E-state index contributed by atoms with van der Waals surface area (Å²) in [5.41, 5.74) is 3.46. The number of ether oxygens (including phenoxy) is 1. The molecule has 0 fully saturated rings. The van der Waals surface area contributed by atoms with E-state index in [0.29, 0.717) is 6.61 Å². The highest BCUT2D eigenvalue weighted by Crippen LogP contribution is 2.24. The molecule has 0 atom stereocenters. The average Bonchev–Trinajstić information content (AvgIpc) is 2.40. The third kappa shape index (κ3) is 3.00. The maximum Gasteiger partial charge on any atom is 0.142 e. The quantitative estimate of drug-likeness (QED) is 0.872. The summed E-state index contributed by atoms with van der Waals surface area (Å²) in [5.74, 6) is 0.890. The molecule has 0 aliphatic heterocycles. The van der Waals surface area contributed by atoms with Crippen LogP contribution in [0.15, 0.2) is 42.7 Å². The first kappa shape index (κ1) is 12.4. The van der Waals surface area contributed by atoms with Crippen LogP contribution >= 0.6 is 0 Å². The predicted octanol–water partition coefficient (Wildman–Crippen LogP) is 3.40. The minimum absolute atomic E-state index is 0.671. The topological polar surface area (TPSA) is 34.1 Å². The molecule has 2 rings (SSSR count). The molecule has 0 unspecified atom stereocenters. The summed E-state index contributed by atoms with van der Waals surface area (Å²) in [5, 5.41) is 3.39. The van der Waals surface area contributed by atoms with Crippen LogP contribution in [-0.2, 0) is 6.54 Å². The first-order chi connectivity index (χ1) is 8.81. The highest BCUT2D eigenvalue weighted by molar-refractivity contribution is 5.56. The average molecular weight is 242 g/mol. The second kappa shape index (κ2) is 6.05. The fraction of sp³-hybridized carbons (Fsp3) is 0.267. The molecule has 0 aliphatic carbocycles. The van der Waals surface area contributed by atoms with Crippen molar-refractivity contribution in [3.05, 3.63) is 53.9 Å². The molecule has 0 spiro atoms. The third-order valence-electron chi connectivity index (χ3n) is 2.80. The number of nitrogens with zero attached hydrogens (tertiary/aromatic N) is 1. The summed E-state index contributed by atoms with van der Waals surface area (Å²) in [6.45, 7) is 5.50. The van der Waals surface area contributed by atoms with Gasteiger partial charge in [0.1, 0.15) is 5.75 Å². The lowest BCUT2D eigenvalue weighted by atomic mass is 10.1. The normalized spacial score (nSPS) is 10.1. The van der Waals surface area contributed by atoms with Gasteiger partial charge in [-0.25, -0.2) is 0 Å². The molecule has 0 aliphatic rings. The Hall–Kier alpha value is -2.03. The van der Waals surface area contributed by atoms with Gasteiger partial charge in [0.25, 0.3) is 0 Å². The third-order valence-corrected chi connectivity index (χ3v) is 2.80. The minimum atomic E-state index is 0.671. The van der Waals surface area contributed by atoms with Crippen LogP contribution in [0.1, 0.15) is 18.1 Å². The van der Waals surface area contributed by atoms with Crippen molar-refractivity contribution in [2.45, 2.75) is 20.4 Å². The molecule has 3 nitrogen and oxygen atoms in total. The van der Waals surface area contributed by atoms with Gasteiger partial charge in [0.05, 0.1) is 12.3 Å². The fourth-order valence-electron chi connectivity index (χ4n) is 1.77. The van der Waals surface area contributed by atoms with E-state index in [1.165, 1.54) is 11.1 Å². The Labute approximate surface area is 108 Å². The number of hydrogen-bond donors (Lipinski definition) is 1. The van der Waals surface area contributed by atoms with E-state index in [9.17, 15) is 0 Å². The lowest BCUT2D eigenvalue weighted by Crippen LogP contribution is -2.04. The number of hydrogen-bond acceptors (Lipinski definition) is 3. The van der Waals surface area contributed by atoms with Gasteiger partial charge in [-0.15, -0.1) is 0 Å². The van der Waals surface area contributed by atoms with Gasteiger partial charge >= 0.3 is 0 Å². The van der Waals surface area contributed by atoms with Crippen LogP contribution in [0.3, 0.4) is 0 Å². The van der Waals surface area contributed by atoms with Crippen LogP contribution in [-0.4, -0.2) is 11.6 Å². The van der Waals surface area contributed by atoms with Gasteiger partial charge in [-0.05, 0) is 43.2 Å². The molecule has 1 N–H and O–H groups in total. The van der Waals surface area contributed by atoms with Crippen molar-refractivity contribution in [1.29, 1.82) is 0 Å². The fourth-order valence-corrected chi connectivity index (χ4v) is 1.77. The van der Waals surface area contributed by atoms with E-state index in [-0.39, 0.29) is 0 Å². The van der Waals surface area contributed by atoms with Crippen molar-refractivity contribution in [2.75, 3.05) is 11.9 Å². The maximum atomic E-state index is 5.58. The summed E-state index contributed by atoms with van der Waals surface area (Å²) in [4.78, 5) is 4.15. The van der Waals surface area contributed by atoms with E-state index in [4.69, 9.17) is 4.74 Å². The van der Waals surface area contributed by atoms with E-state index in [1.807, 2.05) is 49.6 Å². The zero-order valence-corrected chi connectivity index (χ0v) is 10.8. The van der Waals surface area contributed by atoms with Crippen LogP contribution < -0.4 is 10.1 Å². The number of aryl methyl sites for hydroxylation is 1. The standard InChI is InChI=1S/C15H18N2O/c1-3-18-15-7-5-4-6-14(15)17-11-13-10-16-9-8-12(13)2/h4-10,17H,3,11H2,1-2H3. The predicted molar refractivity (Wildman–Crippen MR) is 73.9 cm³/mol. The SMILES string of the molecule is CCOc1ccccc1NCc1cnccc1C. The van der Waals surface area contributed by atoms with Crippen LogP contribution in [0.2, 0.25) is 0 Å². The second-order valence-corrected chi connectivity index (χ2v) is 4.08. The number of anilines is 1. The largest absolute Gasteiger partial charge is 0.492 e. The van der Waals surface area contributed by atoms with Crippen LogP contribution in [0.4, 0.5) is 5.69 Å². The Balaban J connectivity index is 2.08. The smallest absolute Gasteiger partial charge is 0.142 e. The lowest BCUT2D eigenvalue weighted by molar-refractivity contribution is 0.341. The second-order valence-electron chi connectivity index (χ2n) is 4.08. The van der Waals surface area contributed by atoms with Crippen molar-refractivity contribution in [3.8, 4) is 5.75 Å². The summed E-state index contributed by atoms with van der Waals surface area (Å²) >= 11 is 0. The number of pyridine rings is 1. The van der Waals surface area contributed by atoms with E-state index in [0.717, 1.165) is 18.0 Å². The van der Waals surface area contributed by atoms with Crippen molar-refractivity contribution >= 4 is 5.69 Å². The van der Waals surface area contributed by atoms with Crippen LogP contribution in [0.25, 0.3) is 0 Å². The van der Waals surface area contributed by atoms with Crippen LogP contribution in [0.5, 0.6) is 5.75 Å². The number of aromatic nitrogens is 1. The summed E-state index contributed by atoms with van der Waals surface area (Å²) in [6.07, 6.45) is 3.71. The van der Waals surface area contributed by atoms with Crippen molar-refractivity contribution < 1.29 is 4.74 Å². The Kier molecular flexibility index (Phi) is 4.18. The van der Waals surface area contributed by atoms with E-state index >= 15 is 0 Å². The molecule has 1 aromatic carbocycles. The molecule has 94 valence electrons. The Morgan fingerprint density at radius 3 is 2.83 bits per heavy atom. The van der Waals surface area contributed by atoms with E-state index < -0.39 is 0 Å². The molecule has 3 heteroatoms. The molecule has 0 radical (unpaired) electrons. The molecule has 1 heterocycles. The zero-order chi connectivity index (χ0) is 12.8. The molecule has 2 aromatic rings. The van der Waals surface area contributed by atoms with Gasteiger partial charge in [-0.3, -0.25) is 4.98 Å². The van der Waals surface area contributed by atoms with Gasteiger partial charge in [-0.1, -0.05) is 12.1 Å². The molecule has 0 bridgehead atoms. The highest BCUT2D eigenvalue weighted by atomic mass is 16.5. The Bertz CT molecular complexity index is 511. The summed E-state index contributed by atoms with van der Waals surface area (Å²) in [6, 6.07) is 10.00.